The minimum Gasteiger partial charge on any atom is -0.497 e. The first-order chi connectivity index (χ1) is 16.4. The summed E-state index contributed by atoms with van der Waals surface area (Å²) in [7, 11) is -2.10. The van der Waals surface area contributed by atoms with Crippen LogP contribution in [0.25, 0.3) is 11.1 Å². The van der Waals surface area contributed by atoms with Gasteiger partial charge in [-0.2, -0.15) is 13.2 Å². The van der Waals surface area contributed by atoms with Crippen LogP contribution in [-0.4, -0.2) is 34.9 Å². The van der Waals surface area contributed by atoms with Crippen LogP contribution in [0.4, 0.5) is 17.6 Å². The molecule has 3 aromatic rings. The highest BCUT2D eigenvalue weighted by Gasteiger charge is 2.31. The van der Waals surface area contributed by atoms with Crippen LogP contribution >= 0.6 is 0 Å². The number of ether oxygens (including phenoxy) is 2. The highest BCUT2D eigenvalue weighted by atomic mass is 32.2. The maximum absolute atomic E-state index is 13.7. The Morgan fingerprint density at radius 3 is 2.37 bits per heavy atom. The topological polar surface area (TPSA) is 64.6 Å². The first kappa shape index (κ1) is 26.5. The van der Waals surface area contributed by atoms with E-state index in [0.29, 0.717) is 16.9 Å². The summed E-state index contributed by atoms with van der Waals surface area (Å²) in [6, 6.07) is 13.0. The molecule has 5 nitrogen and oxygen atoms in total. The first-order valence-electron chi connectivity index (χ1n) is 10.6. The summed E-state index contributed by atoms with van der Waals surface area (Å²) in [6.07, 6.45) is -3.59. The first-order valence-corrected chi connectivity index (χ1v) is 12.5. The number of methoxy groups -OCH3 is 1. The van der Waals surface area contributed by atoms with Gasteiger partial charge in [0.25, 0.3) is 0 Å². The van der Waals surface area contributed by atoms with E-state index in [-0.39, 0.29) is 35.4 Å². The minimum atomic E-state index is -4.62. The molecule has 0 aliphatic carbocycles. The lowest BCUT2D eigenvalue weighted by Crippen LogP contribution is -2.24. The van der Waals surface area contributed by atoms with E-state index >= 15 is 0 Å². The molecule has 0 fully saturated rings. The maximum Gasteiger partial charge on any atom is 0.416 e. The molecule has 0 saturated carbocycles. The van der Waals surface area contributed by atoms with Crippen molar-refractivity contribution in [3.05, 3.63) is 77.6 Å². The van der Waals surface area contributed by atoms with Crippen molar-refractivity contribution in [2.45, 2.75) is 24.0 Å². The fourth-order valence-electron chi connectivity index (χ4n) is 3.43. The molecule has 3 rings (SSSR count). The second-order valence-corrected chi connectivity index (χ2v) is 10.0. The van der Waals surface area contributed by atoms with E-state index in [1.807, 2.05) is 6.92 Å². The van der Waals surface area contributed by atoms with E-state index in [1.54, 1.807) is 6.07 Å². The van der Waals surface area contributed by atoms with Crippen molar-refractivity contribution in [2.75, 3.05) is 26.5 Å². The fraction of sp³-hybridized carbons (Fsp3) is 0.280. The highest BCUT2D eigenvalue weighted by molar-refractivity contribution is 7.90. The Hall–Kier alpha value is -3.11. The predicted molar refractivity (Wildman–Crippen MR) is 125 cm³/mol. The van der Waals surface area contributed by atoms with E-state index in [2.05, 4.69) is 5.32 Å². The van der Waals surface area contributed by atoms with Crippen LogP contribution in [0.1, 0.15) is 24.1 Å². The van der Waals surface area contributed by atoms with E-state index < -0.39 is 27.4 Å². The van der Waals surface area contributed by atoms with Crippen LogP contribution in [-0.2, 0) is 16.0 Å². The largest absolute Gasteiger partial charge is 0.497 e. The van der Waals surface area contributed by atoms with Crippen molar-refractivity contribution in [2.24, 2.45) is 0 Å². The Bertz CT molecular complexity index is 1290. The summed E-state index contributed by atoms with van der Waals surface area (Å²) < 4.78 is 88.6. The summed E-state index contributed by atoms with van der Waals surface area (Å²) in [5.74, 6) is -0.0801. The molecule has 1 N–H and O–H groups in total. The third kappa shape index (κ3) is 7.19. The number of alkyl halides is 3. The van der Waals surface area contributed by atoms with Gasteiger partial charge < -0.3 is 14.8 Å². The summed E-state index contributed by atoms with van der Waals surface area (Å²) in [4.78, 5) is 0.00190. The quantitative estimate of drug-likeness (QED) is 0.297. The monoisotopic (exact) mass is 511 g/mol. The van der Waals surface area contributed by atoms with E-state index in [9.17, 15) is 26.0 Å². The molecule has 0 spiro atoms. The van der Waals surface area contributed by atoms with Crippen molar-refractivity contribution in [3.8, 4) is 22.6 Å². The number of hydrogen-bond acceptors (Lipinski definition) is 5. The minimum absolute atomic E-state index is 0.00190. The number of halogens is 4. The van der Waals surface area contributed by atoms with E-state index in [1.165, 1.54) is 49.6 Å². The summed E-state index contributed by atoms with van der Waals surface area (Å²) in [5, 5.41) is 3.13. The van der Waals surface area contributed by atoms with Crippen LogP contribution < -0.4 is 14.8 Å². The van der Waals surface area contributed by atoms with Crippen molar-refractivity contribution in [3.63, 3.8) is 0 Å². The number of nitrogens with one attached hydrogen (secondary N) is 1. The average Bonchev–Trinajstić information content (AvgIpc) is 2.80. The molecule has 1 atom stereocenters. The zero-order chi connectivity index (χ0) is 25.8. The Kier molecular flexibility index (Phi) is 8.07. The lowest BCUT2D eigenvalue weighted by molar-refractivity contribution is -0.137. The summed E-state index contributed by atoms with van der Waals surface area (Å²) in [5.41, 5.74) is 0.223. The van der Waals surface area contributed by atoms with Gasteiger partial charge in [-0.1, -0.05) is 12.1 Å². The molecule has 1 unspecified atom stereocenters. The zero-order valence-corrected chi connectivity index (χ0v) is 20.1. The fourth-order valence-corrected chi connectivity index (χ4v) is 4.10. The molecule has 188 valence electrons. The predicted octanol–water partition coefficient (Wildman–Crippen LogP) is 5.65. The number of rotatable bonds is 9. The van der Waals surface area contributed by atoms with Gasteiger partial charge in [-0.3, -0.25) is 0 Å². The molecule has 0 aromatic heterocycles. The molecule has 0 saturated heterocycles. The van der Waals surface area contributed by atoms with Gasteiger partial charge in [-0.15, -0.1) is 0 Å². The second kappa shape index (κ2) is 10.7. The maximum atomic E-state index is 13.7. The average molecular weight is 512 g/mol. The number of benzene rings is 3. The third-order valence-corrected chi connectivity index (χ3v) is 6.39. The normalized spacial score (nSPS) is 12.9. The van der Waals surface area contributed by atoms with Crippen molar-refractivity contribution in [1.29, 1.82) is 0 Å². The van der Waals surface area contributed by atoms with Crippen LogP contribution in [0.15, 0.2) is 65.6 Å². The lowest BCUT2D eigenvalue weighted by atomic mass is 10.0. The van der Waals surface area contributed by atoms with Gasteiger partial charge >= 0.3 is 6.18 Å². The standard InChI is InChI=1S/C25H25F4NO4S/c1-16(18-10-21(26)15-22(11-18)33-2)30-7-8-34-23-12-19(9-20(14-23)25(27,28)29)17-5-4-6-24(13-17)35(3,31)32/h4-6,9-16,30H,7-8H2,1-3H3. The highest BCUT2D eigenvalue weighted by Crippen LogP contribution is 2.36. The molecule has 0 heterocycles. The molecule has 0 radical (unpaired) electrons. The van der Waals surface area contributed by atoms with Gasteiger partial charge in [-0.25, -0.2) is 12.8 Å². The van der Waals surface area contributed by atoms with Gasteiger partial charge in [0.15, 0.2) is 9.84 Å². The molecule has 0 amide bonds. The SMILES string of the molecule is COc1cc(F)cc(C(C)NCCOc2cc(-c3cccc(S(C)(=O)=O)c3)cc(C(F)(F)F)c2)c1. The Balaban J connectivity index is 1.76. The third-order valence-electron chi connectivity index (χ3n) is 5.28. The Labute approximate surface area is 201 Å². The molecule has 0 aliphatic heterocycles. The van der Waals surface area contributed by atoms with Crippen LogP contribution in [0, 0.1) is 5.82 Å². The van der Waals surface area contributed by atoms with Gasteiger partial charge in [0.1, 0.15) is 23.9 Å². The smallest absolute Gasteiger partial charge is 0.416 e. The molecular weight excluding hydrogens is 486 g/mol. The molecule has 10 heteroatoms. The number of sulfone groups is 1. The van der Waals surface area contributed by atoms with Crippen LogP contribution in [0.2, 0.25) is 0 Å². The van der Waals surface area contributed by atoms with Crippen LogP contribution in [0.3, 0.4) is 0 Å². The summed E-state index contributed by atoms with van der Waals surface area (Å²) in [6.45, 7) is 2.13. The number of hydrogen-bond donors (Lipinski definition) is 1. The molecule has 0 aliphatic rings. The second-order valence-electron chi connectivity index (χ2n) is 7.99. The van der Waals surface area contributed by atoms with Crippen molar-refractivity contribution >= 4 is 9.84 Å². The molecule has 0 bridgehead atoms. The zero-order valence-electron chi connectivity index (χ0n) is 19.3. The van der Waals surface area contributed by atoms with Gasteiger partial charge in [-0.05, 0) is 66.1 Å². The van der Waals surface area contributed by atoms with Gasteiger partial charge in [0, 0.05) is 24.9 Å². The Morgan fingerprint density at radius 2 is 1.71 bits per heavy atom. The molecule has 3 aromatic carbocycles. The van der Waals surface area contributed by atoms with Crippen LogP contribution in [0.5, 0.6) is 11.5 Å². The Morgan fingerprint density at radius 1 is 0.971 bits per heavy atom. The molecule has 35 heavy (non-hydrogen) atoms. The van der Waals surface area contributed by atoms with Crippen molar-refractivity contribution in [1.82, 2.24) is 5.32 Å². The van der Waals surface area contributed by atoms with Gasteiger partial charge in [0.05, 0.1) is 17.6 Å². The summed E-state index contributed by atoms with van der Waals surface area (Å²) >= 11 is 0. The lowest BCUT2D eigenvalue weighted by Gasteiger charge is -2.17. The van der Waals surface area contributed by atoms with Crippen molar-refractivity contribution < 1.29 is 35.5 Å². The van der Waals surface area contributed by atoms with E-state index in [4.69, 9.17) is 9.47 Å². The molecular formula is C25H25F4NO4S. The van der Waals surface area contributed by atoms with Gasteiger partial charge in [0.2, 0.25) is 0 Å². The van der Waals surface area contributed by atoms with E-state index in [0.717, 1.165) is 18.4 Å².